The molecular formula is C17H27N3O. The summed E-state index contributed by atoms with van der Waals surface area (Å²) in [5.41, 5.74) is 7.99. The number of carbonyl (C=O) groups is 1. The number of anilines is 1. The number of aryl methyl sites for hydroxylation is 1. The summed E-state index contributed by atoms with van der Waals surface area (Å²) in [6.45, 7) is 6.41. The Balaban J connectivity index is 1.88. The summed E-state index contributed by atoms with van der Waals surface area (Å²) in [7, 11) is 0. The fourth-order valence-electron chi connectivity index (χ4n) is 2.96. The van der Waals surface area contributed by atoms with Crippen LogP contribution in [-0.4, -0.2) is 36.5 Å². The lowest BCUT2D eigenvalue weighted by molar-refractivity contribution is -0.118. The van der Waals surface area contributed by atoms with Crippen LogP contribution in [0.15, 0.2) is 24.3 Å². The number of amides is 1. The number of hydrogen-bond donors (Lipinski definition) is 2. The molecule has 0 saturated carbocycles. The first-order valence-electron chi connectivity index (χ1n) is 7.95. The van der Waals surface area contributed by atoms with Gasteiger partial charge in [-0.1, -0.05) is 26.0 Å². The van der Waals surface area contributed by atoms with Gasteiger partial charge < -0.3 is 11.1 Å². The zero-order valence-electron chi connectivity index (χ0n) is 13.1. The van der Waals surface area contributed by atoms with E-state index in [-0.39, 0.29) is 5.91 Å². The van der Waals surface area contributed by atoms with Crippen LogP contribution in [0.3, 0.4) is 0 Å². The lowest BCUT2D eigenvalue weighted by Crippen LogP contribution is -2.49. The van der Waals surface area contributed by atoms with E-state index in [0.29, 0.717) is 25.0 Å². The van der Waals surface area contributed by atoms with Crippen LogP contribution < -0.4 is 11.1 Å². The van der Waals surface area contributed by atoms with Crippen LogP contribution in [0.2, 0.25) is 0 Å². The molecule has 1 heterocycles. The van der Waals surface area contributed by atoms with Crippen molar-refractivity contribution in [2.75, 3.05) is 25.0 Å². The summed E-state index contributed by atoms with van der Waals surface area (Å²) in [5.74, 6) is 0.756. The molecule has 0 aliphatic carbocycles. The van der Waals surface area contributed by atoms with Crippen LogP contribution >= 0.6 is 0 Å². The molecule has 1 saturated heterocycles. The topological polar surface area (TPSA) is 58.4 Å². The quantitative estimate of drug-likeness (QED) is 0.874. The van der Waals surface area contributed by atoms with Crippen LogP contribution in [-0.2, 0) is 11.2 Å². The van der Waals surface area contributed by atoms with Crippen molar-refractivity contribution >= 4 is 11.6 Å². The van der Waals surface area contributed by atoms with Crippen molar-refractivity contribution in [2.45, 2.75) is 39.2 Å². The van der Waals surface area contributed by atoms with Gasteiger partial charge in [0.2, 0.25) is 5.91 Å². The number of nitrogens with one attached hydrogen (secondary N) is 1. The monoisotopic (exact) mass is 289 g/mol. The molecule has 2 rings (SSSR count). The molecule has 3 N–H and O–H groups in total. The third kappa shape index (κ3) is 4.55. The minimum absolute atomic E-state index is 0.0484. The number of piperidine rings is 1. The van der Waals surface area contributed by atoms with Gasteiger partial charge in [-0.15, -0.1) is 0 Å². The molecule has 0 bridgehead atoms. The summed E-state index contributed by atoms with van der Waals surface area (Å²) >= 11 is 0. The average Bonchev–Trinajstić information content (AvgIpc) is 2.49. The highest BCUT2D eigenvalue weighted by Gasteiger charge is 2.26. The maximum atomic E-state index is 12.2. The fraction of sp³-hybridized carbons (Fsp3) is 0.588. The van der Waals surface area contributed by atoms with Crippen molar-refractivity contribution in [1.29, 1.82) is 0 Å². The van der Waals surface area contributed by atoms with E-state index in [2.05, 4.69) is 36.2 Å². The molecule has 1 amide bonds. The van der Waals surface area contributed by atoms with Crippen molar-refractivity contribution in [1.82, 2.24) is 4.90 Å². The maximum absolute atomic E-state index is 12.2. The number of benzene rings is 1. The number of carbonyl (C=O) groups excluding carboxylic acids is 1. The predicted molar refractivity (Wildman–Crippen MR) is 87.3 cm³/mol. The number of nitrogens with zero attached hydrogens (tertiary/aromatic N) is 1. The van der Waals surface area contributed by atoms with E-state index in [1.807, 2.05) is 12.1 Å². The summed E-state index contributed by atoms with van der Waals surface area (Å²) in [6.07, 6.45) is 3.25. The van der Waals surface area contributed by atoms with Gasteiger partial charge in [-0.2, -0.15) is 0 Å². The van der Waals surface area contributed by atoms with Gasteiger partial charge in [-0.25, -0.2) is 0 Å². The number of hydrogen-bond acceptors (Lipinski definition) is 3. The number of rotatable bonds is 5. The predicted octanol–water partition coefficient (Wildman–Crippen LogP) is 2.25. The number of likely N-dealkylation sites (tertiary alicyclic amines) is 1. The molecule has 1 aromatic carbocycles. The molecule has 21 heavy (non-hydrogen) atoms. The summed E-state index contributed by atoms with van der Waals surface area (Å²) in [5, 5.41) is 2.97. The molecule has 0 spiro atoms. The molecule has 0 radical (unpaired) electrons. The van der Waals surface area contributed by atoms with Gasteiger partial charge in [0.05, 0.1) is 6.54 Å². The summed E-state index contributed by atoms with van der Waals surface area (Å²) in [6, 6.07) is 8.38. The van der Waals surface area contributed by atoms with E-state index in [4.69, 9.17) is 5.73 Å². The first kappa shape index (κ1) is 16.0. The Morgan fingerprint density at radius 1 is 1.38 bits per heavy atom. The minimum Gasteiger partial charge on any atom is -0.329 e. The van der Waals surface area contributed by atoms with E-state index in [9.17, 15) is 4.79 Å². The van der Waals surface area contributed by atoms with Crippen molar-refractivity contribution in [3.8, 4) is 0 Å². The van der Waals surface area contributed by atoms with Crippen LogP contribution in [0.1, 0.15) is 32.3 Å². The summed E-state index contributed by atoms with van der Waals surface area (Å²) < 4.78 is 0. The lowest BCUT2D eigenvalue weighted by atomic mass is 9.92. The Labute approximate surface area is 127 Å². The van der Waals surface area contributed by atoms with Gasteiger partial charge in [0.1, 0.15) is 0 Å². The Morgan fingerprint density at radius 3 is 2.71 bits per heavy atom. The highest BCUT2D eigenvalue weighted by Crippen LogP contribution is 2.21. The third-order valence-corrected chi connectivity index (χ3v) is 4.36. The average molecular weight is 289 g/mol. The van der Waals surface area contributed by atoms with Crippen LogP contribution in [0, 0.1) is 5.92 Å². The van der Waals surface area contributed by atoms with E-state index in [1.54, 1.807) is 0 Å². The van der Waals surface area contributed by atoms with Crippen molar-refractivity contribution in [3.05, 3.63) is 29.8 Å². The van der Waals surface area contributed by atoms with Crippen molar-refractivity contribution in [3.63, 3.8) is 0 Å². The minimum atomic E-state index is 0.0484. The smallest absolute Gasteiger partial charge is 0.238 e. The molecule has 1 aliphatic rings. The normalized spacial score (nSPS) is 23.0. The zero-order valence-corrected chi connectivity index (χ0v) is 13.1. The highest BCUT2D eigenvalue weighted by molar-refractivity contribution is 5.92. The molecule has 1 fully saturated rings. The van der Waals surface area contributed by atoms with Gasteiger partial charge in [0.25, 0.3) is 0 Å². The third-order valence-electron chi connectivity index (χ3n) is 4.36. The fourth-order valence-corrected chi connectivity index (χ4v) is 2.96. The largest absolute Gasteiger partial charge is 0.329 e. The molecule has 2 atom stereocenters. The summed E-state index contributed by atoms with van der Waals surface area (Å²) in [4.78, 5) is 14.4. The molecule has 4 nitrogen and oxygen atoms in total. The Kier molecular flexibility index (Phi) is 5.76. The molecule has 116 valence electrons. The van der Waals surface area contributed by atoms with Gasteiger partial charge >= 0.3 is 0 Å². The van der Waals surface area contributed by atoms with Crippen LogP contribution in [0.5, 0.6) is 0 Å². The first-order valence-corrected chi connectivity index (χ1v) is 7.95. The van der Waals surface area contributed by atoms with Crippen LogP contribution in [0.4, 0.5) is 5.69 Å². The standard InChI is InChI=1S/C17H27N3O/c1-3-14-4-6-15(7-5-14)19-17(21)12-20-9-8-13(2)10-16(20)11-18/h4-7,13,16H,3,8-12,18H2,1-2H3,(H,19,21). The highest BCUT2D eigenvalue weighted by atomic mass is 16.2. The Bertz CT molecular complexity index is 458. The van der Waals surface area contributed by atoms with Crippen molar-refractivity contribution in [2.24, 2.45) is 11.7 Å². The molecule has 1 aromatic rings. The first-order chi connectivity index (χ1) is 10.1. The lowest BCUT2D eigenvalue weighted by Gasteiger charge is -2.37. The Hall–Kier alpha value is -1.39. The molecule has 4 heteroatoms. The Morgan fingerprint density at radius 2 is 2.10 bits per heavy atom. The van der Waals surface area contributed by atoms with E-state index >= 15 is 0 Å². The van der Waals surface area contributed by atoms with Gasteiger partial charge in [-0.05, 0) is 49.4 Å². The maximum Gasteiger partial charge on any atom is 0.238 e. The second-order valence-corrected chi connectivity index (χ2v) is 6.09. The van der Waals surface area contributed by atoms with Crippen molar-refractivity contribution < 1.29 is 4.79 Å². The molecule has 1 aliphatic heterocycles. The van der Waals surface area contributed by atoms with E-state index in [0.717, 1.165) is 31.5 Å². The molecular weight excluding hydrogens is 262 g/mol. The van der Waals surface area contributed by atoms with Gasteiger partial charge in [-0.3, -0.25) is 9.69 Å². The van der Waals surface area contributed by atoms with E-state index in [1.165, 1.54) is 5.56 Å². The van der Waals surface area contributed by atoms with Gasteiger partial charge in [0, 0.05) is 18.3 Å². The zero-order chi connectivity index (χ0) is 15.2. The van der Waals surface area contributed by atoms with Gasteiger partial charge in [0.15, 0.2) is 0 Å². The SMILES string of the molecule is CCc1ccc(NC(=O)CN2CCC(C)CC2CN)cc1. The molecule has 2 unspecified atom stereocenters. The second kappa shape index (κ2) is 7.57. The molecule has 0 aromatic heterocycles. The van der Waals surface area contributed by atoms with Crippen LogP contribution in [0.25, 0.3) is 0 Å². The second-order valence-electron chi connectivity index (χ2n) is 6.09. The van der Waals surface area contributed by atoms with E-state index < -0.39 is 0 Å². The number of nitrogens with two attached hydrogens (primary N) is 1.